The number of aliphatic hydroxyl groups is 1. The van der Waals surface area contributed by atoms with Gasteiger partial charge in [-0.05, 0) is 39.9 Å². The Labute approximate surface area is 318 Å². The van der Waals surface area contributed by atoms with Crippen LogP contribution < -0.4 is 9.47 Å². The van der Waals surface area contributed by atoms with E-state index in [1.54, 1.807) is 0 Å². The van der Waals surface area contributed by atoms with E-state index >= 15 is 0 Å². The Bertz CT molecular complexity index is 1280. The van der Waals surface area contributed by atoms with Crippen molar-refractivity contribution in [1.29, 1.82) is 0 Å². The SMILES string of the molecule is OCc1cc(OCc2ccc(COCC3COCCOCCOCCO3)cc2)cc(OCc2ccc(COCC3COCCOCCOCCO3)cc2)c1. The lowest BCUT2D eigenvalue weighted by Gasteiger charge is -2.19. The number of ether oxygens (including phenoxy) is 12. The van der Waals surface area contributed by atoms with E-state index < -0.39 is 0 Å². The molecule has 13 nitrogen and oxygen atoms in total. The van der Waals surface area contributed by atoms with E-state index in [1.807, 2.05) is 66.7 Å². The summed E-state index contributed by atoms with van der Waals surface area (Å²) in [6.45, 7) is 9.51. The highest BCUT2D eigenvalue weighted by Crippen LogP contribution is 2.25. The van der Waals surface area contributed by atoms with E-state index in [0.717, 1.165) is 22.3 Å². The van der Waals surface area contributed by atoms with Crippen molar-refractivity contribution in [2.24, 2.45) is 0 Å². The molecule has 13 heteroatoms. The third kappa shape index (κ3) is 17.1. The minimum absolute atomic E-state index is 0.128. The second-order valence-electron chi connectivity index (χ2n) is 12.8. The van der Waals surface area contributed by atoms with Gasteiger partial charge >= 0.3 is 0 Å². The van der Waals surface area contributed by atoms with Crippen LogP contribution in [0.4, 0.5) is 0 Å². The quantitative estimate of drug-likeness (QED) is 0.237. The Morgan fingerprint density at radius 3 is 1.17 bits per heavy atom. The first-order chi connectivity index (χ1) is 26.7. The van der Waals surface area contributed by atoms with Crippen LogP contribution in [0.1, 0.15) is 27.8 Å². The largest absolute Gasteiger partial charge is 0.489 e. The van der Waals surface area contributed by atoms with Gasteiger partial charge in [0.05, 0.1) is 126 Å². The molecule has 2 saturated heterocycles. The van der Waals surface area contributed by atoms with Gasteiger partial charge in [-0.1, -0.05) is 48.5 Å². The standard InChI is InChI=1S/C41H56O13/c42-24-37-21-38(53-27-35-5-1-33(2-6-35)25-49-31-40-29-47-15-13-43-9-11-45-17-19-51-40)23-39(22-37)54-28-36-7-3-34(4-8-36)26-50-32-41-30-48-16-14-44-10-12-46-18-20-52-41/h1-8,21-23,40-42H,9-20,24-32H2. The molecule has 2 aliphatic rings. The molecule has 5 rings (SSSR count). The first kappa shape index (κ1) is 42.0. The molecule has 0 aromatic heterocycles. The highest BCUT2D eigenvalue weighted by atomic mass is 16.6. The highest BCUT2D eigenvalue weighted by Gasteiger charge is 2.13. The molecule has 0 saturated carbocycles. The third-order valence-electron chi connectivity index (χ3n) is 8.38. The van der Waals surface area contributed by atoms with Crippen LogP contribution in [-0.4, -0.2) is 123 Å². The molecule has 2 unspecified atom stereocenters. The maximum atomic E-state index is 9.88. The summed E-state index contributed by atoms with van der Waals surface area (Å²) in [5.41, 5.74) is 4.80. The first-order valence-electron chi connectivity index (χ1n) is 18.7. The Morgan fingerprint density at radius 1 is 0.426 bits per heavy atom. The van der Waals surface area contributed by atoms with Gasteiger partial charge in [-0.3, -0.25) is 0 Å². The topological polar surface area (TPSA) is 131 Å². The Balaban J connectivity index is 1.01. The maximum absolute atomic E-state index is 9.88. The molecule has 3 aromatic carbocycles. The van der Waals surface area contributed by atoms with Crippen LogP contribution in [-0.2, 0) is 80.4 Å². The van der Waals surface area contributed by atoms with Crippen molar-refractivity contribution in [1.82, 2.24) is 0 Å². The van der Waals surface area contributed by atoms with Crippen LogP contribution in [0.5, 0.6) is 11.5 Å². The lowest BCUT2D eigenvalue weighted by atomic mass is 10.1. The molecule has 0 radical (unpaired) electrons. The summed E-state index contributed by atoms with van der Waals surface area (Å²) >= 11 is 0. The van der Waals surface area contributed by atoms with Crippen molar-refractivity contribution in [3.8, 4) is 11.5 Å². The summed E-state index contributed by atoms with van der Waals surface area (Å²) in [6, 6.07) is 21.6. The van der Waals surface area contributed by atoms with Crippen LogP contribution in [0, 0.1) is 0 Å². The van der Waals surface area contributed by atoms with Crippen LogP contribution in [0.15, 0.2) is 66.7 Å². The predicted molar refractivity (Wildman–Crippen MR) is 198 cm³/mol. The summed E-state index contributed by atoms with van der Waals surface area (Å²) in [7, 11) is 0. The van der Waals surface area contributed by atoms with E-state index in [4.69, 9.17) is 56.8 Å². The minimum atomic E-state index is -0.175. The van der Waals surface area contributed by atoms with Gasteiger partial charge < -0.3 is 61.9 Å². The molecule has 2 fully saturated rings. The van der Waals surface area contributed by atoms with Crippen molar-refractivity contribution >= 4 is 0 Å². The molecule has 2 atom stereocenters. The zero-order chi connectivity index (χ0) is 37.3. The second-order valence-corrected chi connectivity index (χ2v) is 12.8. The van der Waals surface area contributed by atoms with Crippen molar-refractivity contribution in [3.63, 3.8) is 0 Å². The van der Waals surface area contributed by atoms with E-state index in [-0.39, 0.29) is 18.8 Å². The van der Waals surface area contributed by atoms with Gasteiger partial charge in [-0.25, -0.2) is 0 Å². The van der Waals surface area contributed by atoms with Crippen LogP contribution in [0.3, 0.4) is 0 Å². The summed E-state index contributed by atoms with van der Waals surface area (Å²) in [4.78, 5) is 0. The average Bonchev–Trinajstić information content (AvgIpc) is 3.19. The highest BCUT2D eigenvalue weighted by molar-refractivity contribution is 5.38. The van der Waals surface area contributed by atoms with E-state index in [0.29, 0.717) is 149 Å². The fourth-order valence-electron chi connectivity index (χ4n) is 5.45. The summed E-state index contributed by atoms with van der Waals surface area (Å²) < 4.78 is 69.1. The molecule has 298 valence electrons. The smallest absolute Gasteiger partial charge is 0.123 e. The lowest BCUT2D eigenvalue weighted by molar-refractivity contribution is -0.0921. The monoisotopic (exact) mass is 756 g/mol. The molecule has 0 spiro atoms. The minimum Gasteiger partial charge on any atom is -0.489 e. The molecule has 3 aromatic rings. The van der Waals surface area contributed by atoms with Gasteiger partial charge in [0.15, 0.2) is 0 Å². The predicted octanol–water partition coefficient (Wildman–Crippen LogP) is 4.27. The van der Waals surface area contributed by atoms with E-state index in [2.05, 4.69) is 0 Å². The van der Waals surface area contributed by atoms with Crippen molar-refractivity contribution in [2.75, 3.05) is 106 Å². The molecular weight excluding hydrogens is 700 g/mol. The van der Waals surface area contributed by atoms with Gasteiger partial charge in [0.25, 0.3) is 0 Å². The summed E-state index contributed by atoms with van der Waals surface area (Å²) in [5, 5.41) is 9.88. The Kier molecular flexibility index (Phi) is 20.1. The molecule has 0 aliphatic carbocycles. The lowest BCUT2D eigenvalue weighted by Crippen LogP contribution is -2.29. The van der Waals surface area contributed by atoms with Crippen molar-refractivity contribution in [3.05, 3.63) is 94.5 Å². The first-order valence-corrected chi connectivity index (χ1v) is 18.7. The summed E-state index contributed by atoms with van der Waals surface area (Å²) in [5.74, 6) is 1.23. The fraction of sp³-hybridized carbons (Fsp3) is 0.561. The number of hydrogen-bond donors (Lipinski definition) is 1. The van der Waals surface area contributed by atoms with Gasteiger partial charge in [0.2, 0.25) is 0 Å². The third-order valence-corrected chi connectivity index (χ3v) is 8.38. The maximum Gasteiger partial charge on any atom is 0.123 e. The Hall–Kier alpha value is -3.18. The van der Waals surface area contributed by atoms with E-state index in [9.17, 15) is 5.11 Å². The van der Waals surface area contributed by atoms with Gasteiger partial charge in [-0.15, -0.1) is 0 Å². The molecule has 0 bridgehead atoms. The number of hydrogen-bond acceptors (Lipinski definition) is 13. The van der Waals surface area contributed by atoms with Crippen molar-refractivity contribution < 1.29 is 61.9 Å². The number of rotatable bonds is 15. The zero-order valence-electron chi connectivity index (χ0n) is 31.2. The van der Waals surface area contributed by atoms with Gasteiger partial charge in [0, 0.05) is 6.07 Å². The summed E-state index contributed by atoms with van der Waals surface area (Å²) in [6.07, 6.45) is -0.350. The zero-order valence-corrected chi connectivity index (χ0v) is 31.2. The molecule has 1 N–H and O–H groups in total. The van der Waals surface area contributed by atoms with Crippen LogP contribution >= 0.6 is 0 Å². The van der Waals surface area contributed by atoms with Gasteiger partial charge in [0.1, 0.15) is 36.9 Å². The fourth-order valence-corrected chi connectivity index (χ4v) is 5.45. The Morgan fingerprint density at radius 2 is 0.778 bits per heavy atom. The normalized spacial score (nSPS) is 20.1. The van der Waals surface area contributed by atoms with Gasteiger partial charge in [-0.2, -0.15) is 0 Å². The van der Waals surface area contributed by atoms with Crippen molar-refractivity contribution in [2.45, 2.75) is 45.2 Å². The van der Waals surface area contributed by atoms with Crippen LogP contribution in [0.2, 0.25) is 0 Å². The molecular formula is C41H56O13. The second kappa shape index (κ2) is 25.8. The molecule has 2 aliphatic heterocycles. The molecule has 54 heavy (non-hydrogen) atoms. The van der Waals surface area contributed by atoms with Crippen LogP contribution in [0.25, 0.3) is 0 Å². The van der Waals surface area contributed by atoms with E-state index in [1.165, 1.54) is 0 Å². The average molecular weight is 757 g/mol. The number of benzene rings is 3. The molecule has 0 amide bonds. The molecule has 2 heterocycles. The number of aliphatic hydroxyl groups excluding tert-OH is 1.